The fourth-order valence-electron chi connectivity index (χ4n) is 4.13. The molecule has 2 fully saturated rings. The van der Waals surface area contributed by atoms with Gasteiger partial charge in [-0.25, -0.2) is 0 Å². The van der Waals surface area contributed by atoms with Crippen molar-refractivity contribution in [2.75, 3.05) is 44.2 Å². The molecular weight excluding hydrogens is 342 g/mol. The standard InChI is InChI=1S/C21H27N3OS/c1-17-5-2-6-18(15-17)22-10-12-23(13-11-22)21(25)16-24-9-3-7-19(24)20-8-4-14-26-20/h2,4-6,8,14-15,19H,3,7,9-13,16H2,1H3/t19-/m0/s1. The van der Waals surface area contributed by atoms with Crippen LogP contribution < -0.4 is 4.90 Å². The van der Waals surface area contributed by atoms with Gasteiger partial charge in [-0.3, -0.25) is 9.69 Å². The van der Waals surface area contributed by atoms with E-state index in [9.17, 15) is 4.79 Å². The second-order valence-electron chi connectivity index (χ2n) is 7.35. The molecule has 26 heavy (non-hydrogen) atoms. The van der Waals surface area contributed by atoms with Gasteiger partial charge in [-0.05, 0) is 55.5 Å². The fraction of sp³-hybridized carbons (Fsp3) is 0.476. The zero-order valence-corrected chi connectivity index (χ0v) is 16.3. The van der Waals surface area contributed by atoms with E-state index in [1.165, 1.54) is 29.0 Å². The maximum absolute atomic E-state index is 12.8. The van der Waals surface area contributed by atoms with Gasteiger partial charge in [-0.1, -0.05) is 18.2 Å². The molecule has 0 N–H and O–H groups in total. The van der Waals surface area contributed by atoms with Crippen LogP contribution in [0.4, 0.5) is 5.69 Å². The highest BCUT2D eigenvalue weighted by Gasteiger charge is 2.30. The number of hydrogen-bond donors (Lipinski definition) is 0. The molecule has 1 amide bonds. The van der Waals surface area contributed by atoms with Gasteiger partial charge in [-0.15, -0.1) is 11.3 Å². The third-order valence-corrected chi connectivity index (χ3v) is 6.55. The SMILES string of the molecule is Cc1cccc(N2CCN(C(=O)CN3CCC[C@H]3c3cccs3)CC2)c1. The van der Waals surface area contributed by atoms with Crippen molar-refractivity contribution in [1.82, 2.24) is 9.80 Å². The van der Waals surface area contributed by atoms with Crippen molar-refractivity contribution in [2.45, 2.75) is 25.8 Å². The van der Waals surface area contributed by atoms with Gasteiger partial charge in [0.1, 0.15) is 0 Å². The number of thiophene rings is 1. The van der Waals surface area contributed by atoms with Crippen LogP contribution in [0.15, 0.2) is 41.8 Å². The molecule has 1 aromatic carbocycles. The smallest absolute Gasteiger partial charge is 0.236 e. The first-order valence-corrected chi connectivity index (χ1v) is 10.5. The van der Waals surface area contributed by atoms with E-state index in [2.05, 4.69) is 63.4 Å². The highest BCUT2D eigenvalue weighted by atomic mass is 32.1. The van der Waals surface area contributed by atoms with Gasteiger partial charge in [0.25, 0.3) is 0 Å². The number of amides is 1. The van der Waals surface area contributed by atoms with Crippen molar-refractivity contribution in [1.29, 1.82) is 0 Å². The highest BCUT2D eigenvalue weighted by molar-refractivity contribution is 7.10. The summed E-state index contributed by atoms with van der Waals surface area (Å²) in [4.78, 5) is 21.1. The van der Waals surface area contributed by atoms with Crippen molar-refractivity contribution >= 4 is 22.9 Å². The lowest BCUT2D eigenvalue weighted by Gasteiger charge is -2.37. The average Bonchev–Trinajstić information content (AvgIpc) is 3.33. The van der Waals surface area contributed by atoms with Gasteiger partial charge in [0.15, 0.2) is 0 Å². The van der Waals surface area contributed by atoms with Gasteiger partial charge >= 0.3 is 0 Å². The zero-order valence-electron chi connectivity index (χ0n) is 15.4. The summed E-state index contributed by atoms with van der Waals surface area (Å²) in [5, 5.41) is 2.14. The molecule has 4 nitrogen and oxygen atoms in total. The van der Waals surface area contributed by atoms with Crippen molar-refractivity contribution in [3.05, 3.63) is 52.2 Å². The number of aryl methyl sites for hydroxylation is 1. The Balaban J connectivity index is 1.32. The third kappa shape index (κ3) is 3.79. The van der Waals surface area contributed by atoms with E-state index >= 15 is 0 Å². The molecule has 1 aromatic heterocycles. The molecule has 5 heteroatoms. The molecule has 3 heterocycles. The molecule has 0 aliphatic carbocycles. The lowest BCUT2D eigenvalue weighted by atomic mass is 10.2. The van der Waals surface area contributed by atoms with Gasteiger partial charge in [0.2, 0.25) is 5.91 Å². The van der Waals surface area contributed by atoms with Crippen molar-refractivity contribution in [2.24, 2.45) is 0 Å². The number of carbonyl (C=O) groups excluding carboxylic acids is 1. The number of likely N-dealkylation sites (tertiary alicyclic amines) is 1. The van der Waals surface area contributed by atoms with Gasteiger partial charge in [0.05, 0.1) is 6.54 Å². The Labute approximate surface area is 160 Å². The summed E-state index contributed by atoms with van der Waals surface area (Å²) >= 11 is 1.81. The Morgan fingerprint density at radius 2 is 1.96 bits per heavy atom. The van der Waals surface area contributed by atoms with Crippen LogP contribution in [-0.4, -0.2) is 55.0 Å². The summed E-state index contributed by atoms with van der Waals surface area (Å²) in [7, 11) is 0. The van der Waals surface area contributed by atoms with Crippen molar-refractivity contribution in [3.63, 3.8) is 0 Å². The maximum atomic E-state index is 12.8. The molecule has 0 radical (unpaired) electrons. The van der Waals surface area contributed by atoms with Crippen LogP contribution >= 0.6 is 11.3 Å². The van der Waals surface area contributed by atoms with Crippen LogP contribution in [0.25, 0.3) is 0 Å². The lowest BCUT2D eigenvalue weighted by molar-refractivity contribution is -0.133. The maximum Gasteiger partial charge on any atom is 0.236 e. The highest BCUT2D eigenvalue weighted by Crippen LogP contribution is 2.34. The summed E-state index contributed by atoms with van der Waals surface area (Å²) in [6.45, 7) is 7.22. The molecule has 0 saturated carbocycles. The van der Waals surface area contributed by atoms with E-state index < -0.39 is 0 Å². The van der Waals surface area contributed by atoms with Crippen molar-refractivity contribution in [3.8, 4) is 0 Å². The van der Waals surface area contributed by atoms with E-state index in [1.54, 1.807) is 0 Å². The predicted molar refractivity (Wildman–Crippen MR) is 108 cm³/mol. The monoisotopic (exact) mass is 369 g/mol. The minimum absolute atomic E-state index is 0.289. The number of piperazine rings is 1. The Hall–Kier alpha value is -1.85. The Morgan fingerprint density at radius 1 is 1.12 bits per heavy atom. The number of rotatable bonds is 4. The molecular formula is C21H27N3OS. The number of carbonyl (C=O) groups is 1. The lowest BCUT2D eigenvalue weighted by Crippen LogP contribution is -2.51. The van der Waals surface area contributed by atoms with E-state index in [4.69, 9.17) is 0 Å². The van der Waals surface area contributed by atoms with Gasteiger partial charge < -0.3 is 9.80 Å². The molecule has 4 rings (SSSR count). The first-order chi connectivity index (χ1) is 12.7. The fourth-order valence-corrected chi connectivity index (χ4v) is 5.03. The minimum atomic E-state index is 0.289. The summed E-state index contributed by atoms with van der Waals surface area (Å²) in [5.74, 6) is 0.289. The number of benzene rings is 1. The molecule has 1 atom stereocenters. The molecule has 2 aliphatic heterocycles. The largest absolute Gasteiger partial charge is 0.368 e. The Morgan fingerprint density at radius 3 is 2.69 bits per heavy atom. The predicted octanol–water partition coefficient (Wildman–Crippen LogP) is 3.54. The summed E-state index contributed by atoms with van der Waals surface area (Å²) in [5.41, 5.74) is 2.56. The Bertz CT molecular complexity index is 737. The summed E-state index contributed by atoms with van der Waals surface area (Å²) < 4.78 is 0. The molecule has 0 bridgehead atoms. The van der Waals surface area contributed by atoms with E-state index in [-0.39, 0.29) is 5.91 Å². The van der Waals surface area contributed by atoms with Gasteiger partial charge in [-0.2, -0.15) is 0 Å². The molecule has 2 saturated heterocycles. The third-order valence-electron chi connectivity index (χ3n) is 5.57. The molecule has 138 valence electrons. The first kappa shape index (κ1) is 17.6. The quantitative estimate of drug-likeness (QED) is 0.825. The molecule has 0 unspecified atom stereocenters. The average molecular weight is 370 g/mol. The second-order valence-corrected chi connectivity index (χ2v) is 8.33. The van der Waals surface area contributed by atoms with Crippen LogP contribution in [-0.2, 0) is 4.79 Å². The van der Waals surface area contributed by atoms with Crippen LogP contribution in [0.3, 0.4) is 0 Å². The number of nitrogens with zero attached hydrogens (tertiary/aromatic N) is 3. The zero-order chi connectivity index (χ0) is 17.9. The number of anilines is 1. The van der Waals surface area contributed by atoms with Crippen molar-refractivity contribution < 1.29 is 4.79 Å². The summed E-state index contributed by atoms with van der Waals surface area (Å²) in [6, 6.07) is 13.4. The molecule has 2 aliphatic rings. The summed E-state index contributed by atoms with van der Waals surface area (Å²) in [6.07, 6.45) is 2.37. The minimum Gasteiger partial charge on any atom is -0.368 e. The van der Waals surface area contributed by atoms with Crippen LogP contribution in [0.2, 0.25) is 0 Å². The normalized spacial score (nSPS) is 21.3. The molecule has 0 spiro atoms. The first-order valence-electron chi connectivity index (χ1n) is 9.57. The van der Waals surface area contributed by atoms with E-state index in [1.807, 2.05) is 11.3 Å². The van der Waals surface area contributed by atoms with Crippen LogP contribution in [0.5, 0.6) is 0 Å². The second kappa shape index (κ2) is 7.80. The van der Waals surface area contributed by atoms with E-state index in [0.717, 1.165) is 32.7 Å². The van der Waals surface area contributed by atoms with E-state index in [0.29, 0.717) is 12.6 Å². The topological polar surface area (TPSA) is 26.8 Å². The van der Waals surface area contributed by atoms with Gasteiger partial charge in [0, 0.05) is 42.8 Å². The Kier molecular flexibility index (Phi) is 5.27. The van der Waals surface area contributed by atoms with Crippen LogP contribution in [0.1, 0.15) is 29.3 Å². The number of hydrogen-bond acceptors (Lipinski definition) is 4. The van der Waals surface area contributed by atoms with Crippen LogP contribution in [0, 0.1) is 6.92 Å². The molecule has 2 aromatic rings.